The average Bonchev–Trinajstić information content (AvgIpc) is 2.33. The smallest absolute Gasteiger partial charge is 0.323 e. The average molecular weight is 260 g/mol. The number of aliphatic carboxylic acids is 1. The molecule has 0 saturated carbocycles. The molecule has 0 bridgehead atoms. The lowest BCUT2D eigenvalue weighted by molar-refractivity contribution is -0.145. The number of nitrogens with one attached hydrogen (secondary N) is 1. The van der Waals surface area contributed by atoms with Crippen LogP contribution < -0.4 is 5.32 Å². The molecule has 0 fully saturated rings. The van der Waals surface area contributed by atoms with Crippen molar-refractivity contribution in [1.82, 2.24) is 10.2 Å². The van der Waals surface area contributed by atoms with Gasteiger partial charge in [-0.2, -0.15) is 0 Å². The third kappa shape index (κ3) is 5.80. The van der Waals surface area contributed by atoms with Crippen LogP contribution in [0.3, 0.4) is 0 Å². The van der Waals surface area contributed by atoms with Crippen molar-refractivity contribution in [3.63, 3.8) is 0 Å². The highest BCUT2D eigenvalue weighted by molar-refractivity contribution is 5.78. The summed E-state index contributed by atoms with van der Waals surface area (Å²) in [5.41, 5.74) is -0.864. The molecule has 0 aliphatic heterocycles. The minimum Gasteiger partial charge on any atom is -0.480 e. The van der Waals surface area contributed by atoms with E-state index >= 15 is 0 Å². The minimum absolute atomic E-state index is 0.186. The van der Waals surface area contributed by atoms with E-state index in [0.717, 1.165) is 19.5 Å². The fourth-order valence-electron chi connectivity index (χ4n) is 1.84. The number of hydrogen-bond donors (Lipinski definition) is 2. The van der Waals surface area contributed by atoms with E-state index in [1.54, 1.807) is 14.0 Å². The first-order valence-corrected chi connectivity index (χ1v) is 6.55. The molecule has 0 heterocycles. The van der Waals surface area contributed by atoms with Crippen molar-refractivity contribution in [2.75, 3.05) is 33.9 Å². The molecular weight excluding hydrogens is 232 g/mol. The summed E-state index contributed by atoms with van der Waals surface area (Å²) in [7, 11) is 3.66. The van der Waals surface area contributed by atoms with E-state index in [0.29, 0.717) is 13.0 Å². The maximum Gasteiger partial charge on any atom is 0.323 e. The molecule has 0 rings (SSSR count). The van der Waals surface area contributed by atoms with Gasteiger partial charge in [-0.3, -0.25) is 4.79 Å². The predicted molar refractivity (Wildman–Crippen MR) is 72.9 cm³/mol. The van der Waals surface area contributed by atoms with Crippen molar-refractivity contribution in [2.24, 2.45) is 0 Å². The second-order valence-electron chi connectivity index (χ2n) is 5.09. The van der Waals surface area contributed by atoms with E-state index in [1.807, 2.05) is 20.9 Å². The lowest BCUT2D eigenvalue weighted by Gasteiger charge is -2.33. The van der Waals surface area contributed by atoms with Gasteiger partial charge in [0.25, 0.3) is 0 Å². The Morgan fingerprint density at radius 1 is 1.56 bits per heavy atom. The molecule has 5 heteroatoms. The van der Waals surface area contributed by atoms with Crippen LogP contribution in [0.15, 0.2) is 0 Å². The number of methoxy groups -OCH3 is 1. The van der Waals surface area contributed by atoms with Crippen molar-refractivity contribution in [3.8, 4) is 0 Å². The molecule has 108 valence electrons. The fraction of sp³-hybridized carbons (Fsp3) is 0.923. The van der Waals surface area contributed by atoms with Crippen LogP contribution in [-0.4, -0.2) is 61.4 Å². The molecule has 0 aromatic carbocycles. The van der Waals surface area contributed by atoms with E-state index in [1.165, 1.54) is 0 Å². The van der Waals surface area contributed by atoms with E-state index < -0.39 is 11.5 Å². The number of hydrogen-bond acceptors (Lipinski definition) is 4. The molecule has 0 spiro atoms. The largest absolute Gasteiger partial charge is 0.480 e. The summed E-state index contributed by atoms with van der Waals surface area (Å²) in [5, 5.41) is 12.5. The van der Waals surface area contributed by atoms with Crippen LogP contribution in [0.25, 0.3) is 0 Å². The van der Waals surface area contributed by atoms with Gasteiger partial charge in [0.05, 0.1) is 6.61 Å². The SMILES string of the molecule is CCCNC(C)(CC(C)N(C)CCOC)C(=O)O. The predicted octanol–water partition coefficient (Wildman–Crippen LogP) is 1.19. The van der Waals surface area contributed by atoms with E-state index in [2.05, 4.69) is 10.2 Å². The zero-order valence-electron chi connectivity index (χ0n) is 12.3. The first-order valence-electron chi connectivity index (χ1n) is 6.55. The summed E-state index contributed by atoms with van der Waals surface area (Å²) in [4.78, 5) is 13.5. The van der Waals surface area contributed by atoms with Gasteiger partial charge in [0.15, 0.2) is 0 Å². The van der Waals surface area contributed by atoms with Gasteiger partial charge in [0, 0.05) is 19.7 Å². The molecule has 2 unspecified atom stereocenters. The van der Waals surface area contributed by atoms with Crippen LogP contribution in [0, 0.1) is 0 Å². The van der Waals surface area contributed by atoms with Crippen LogP contribution in [-0.2, 0) is 9.53 Å². The lowest BCUT2D eigenvalue weighted by atomic mass is 9.93. The standard InChI is InChI=1S/C13H28N2O3/c1-6-7-14-13(3,12(16)17)10-11(2)15(4)8-9-18-5/h11,14H,6-10H2,1-5H3,(H,16,17). The second-order valence-corrected chi connectivity index (χ2v) is 5.09. The van der Waals surface area contributed by atoms with Gasteiger partial charge in [-0.15, -0.1) is 0 Å². The molecule has 0 radical (unpaired) electrons. The topological polar surface area (TPSA) is 61.8 Å². The highest BCUT2D eigenvalue weighted by Gasteiger charge is 2.34. The highest BCUT2D eigenvalue weighted by atomic mass is 16.5. The van der Waals surface area contributed by atoms with Gasteiger partial charge in [-0.05, 0) is 40.3 Å². The number of nitrogens with zero attached hydrogens (tertiary/aromatic N) is 1. The number of rotatable bonds is 10. The molecule has 2 N–H and O–H groups in total. The van der Waals surface area contributed by atoms with Crippen molar-refractivity contribution < 1.29 is 14.6 Å². The molecule has 0 saturated heterocycles. The van der Waals surface area contributed by atoms with Crippen LogP contribution >= 0.6 is 0 Å². The van der Waals surface area contributed by atoms with Crippen molar-refractivity contribution in [3.05, 3.63) is 0 Å². The van der Waals surface area contributed by atoms with Gasteiger partial charge < -0.3 is 20.1 Å². The number of ether oxygens (including phenoxy) is 1. The Bertz CT molecular complexity index is 248. The molecule has 0 aliphatic carbocycles. The van der Waals surface area contributed by atoms with Gasteiger partial charge in [-0.1, -0.05) is 6.92 Å². The first-order chi connectivity index (χ1) is 8.37. The summed E-state index contributed by atoms with van der Waals surface area (Å²) in [6.07, 6.45) is 1.50. The molecule has 0 aromatic rings. The van der Waals surface area contributed by atoms with Gasteiger partial charge in [0.2, 0.25) is 0 Å². The lowest BCUT2D eigenvalue weighted by Crippen LogP contribution is -2.53. The first kappa shape index (κ1) is 17.4. The van der Waals surface area contributed by atoms with E-state index in [-0.39, 0.29) is 6.04 Å². The zero-order chi connectivity index (χ0) is 14.2. The van der Waals surface area contributed by atoms with E-state index in [9.17, 15) is 9.90 Å². The van der Waals surface area contributed by atoms with Crippen molar-refractivity contribution >= 4 is 5.97 Å². The Morgan fingerprint density at radius 3 is 2.61 bits per heavy atom. The number of carboxylic acid groups (broad SMARTS) is 1. The van der Waals surface area contributed by atoms with Crippen LogP contribution in [0.5, 0.6) is 0 Å². The molecule has 5 nitrogen and oxygen atoms in total. The molecular formula is C13H28N2O3. The van der Waals surface area contributed by atoms with E-state index in [4.69, 9.17) is 4.74 Å². The Kier molecular flexibility index (Phi) is 8.15. The third-order valence-electron chi connectivity index (χ3n) is 3.34. The summed E-state index contributed by atoms with van der Waals surface area (Å²) in [6, 6.07) is 0.186. The summed E-state index contributed by atoms with van der Waals surface area (Å²) in [5.74, 6) is -0.789. The molecule has 0 aromatic heterocycles. The van der Waals surface area contributed by atoms with Gasteiger partial charge in [-0.25, -0.2) is 0 Å². The van der Waals surface area contributed by atoms with Gasteiger partial charge in [0.1, 0.15) is 5.54 Å². The highest BCUT2D eigenvalue weighted by Crippen LogP contribution is 2.16. The zero-order valence-corrected chi connectivity index (χ0v) is 12.3. The summed E-state index contributed by atoms with van der Waals surface area (Å²) in [6.45, 7) is 8.02. The van der Waals surface area contributed by atoms with Crippen molar-refractivity contribution in [2.45, 2.75) is 45.2 Å². The number of carbonyl (C=O) groups is 1. The quantitative estimate of drug-likeness (QED) is 0.618. The van der Waals surface area contributed by atoms with Crippen LogP contribution in [0.4, 0.5) is 0 Å². The Hall–Kier alpha value is -0.650. The monoisotopic (exact) mass is 260 g/mol. The molecule has 0 aliphatic rings. The Balaban J connectivity index is 4.43. The van der Waals surface area contributed by atoms with Crippen LogP contribution in [0.2, 0.25) is 0 Å². The third-order valence-corrected chi connectivity index (χ3v) is 3.34. The van der Waals surface area contributed by atoms with Crippen molar-refractivity contribution in [1.29, 1.82) is 0 Å². The Morgan fingerprint density at radius 2 is 2.17 bits per heavy atom. The normalized spacial score (nSPS) is 16.6. The number of carboxylic acids is 1. The maximum atomic E-state index is 11.4. The second kappa shape index (κ2) is 8.45. The fourth-order valence-corrected chi connectivity index (χ4v) is 1.84. The summed E-state index contributed by atoms with van der Waals surface area (Å²) < 4.78 is 5.03. The number of likely N-dealkylation sites (N-methyl/N-ethyl adjacent to an activating group) is 1. The molecule has 0 amide bonds. The maximum absolute atomic E-state index is 11.4. The van der Waals surface area contributed by atoms with Crippen LogP contribution in [0.1, 0.15) is 33.6 Å². The van der Waals surface area contributed by atoms with Gasteiger partial charge >= 0.3 is 5.97 Å². The molecule has 18 heavy (non-hydrogen) atoms. The molecule has 2 atom stereocenters. The Labute approximate surface area is 110 Å². The minimum atomic E-state index is -0.864. The summed E-state index contributed by atoms with van der Waals surface area (Å²) >= 11 is 0.